The number of hydrogen-bond acceptors (Lipinski definition) is 3. The third-order valence-corrected chi connectivity index (χ3v) is 5.67. The maximum Gasteiger partial charge on any atom is 0.256 e. The highest BCUT2D eigenvalue weighted by Gasteiger charge is 2.13. The number of carbonyl (C=O) groups excluding carboxylic acids is 1. The van der Waals surface area contributed by atoms with Gasteiger partial charge in [-0.1, -0.05) is 68.8 Å². The van der Waals surface area contributed by atoms with E-state index >= 15 is 0 Å². The topological polar surface area (TPSA) is 56.1 Å². The minimum Gasteiger partial charge on any atom is -0.489 e. The number of benzene rings is 3. The van der Waals surface area contributed by atoms with Crippen molar-refractivity contribution in [3.8, 4) is 5.75 Å². The number of ether oxygens (including phenoxy) is 1. The Morgan fingerprint density at radius 2 is 1.71 bits per heavy atom. The number of hydrogen-bond donors (Lipinski definition) is 1. The van der Waals surface area contributed by atoms with Gasteiger partial charge in [-0.05, 0) is 58.5 Å². The first-order chi connectivity index (χ1) is 16.3. The summed E-state index contributed by atoms with van der Waals surface area (Å²) >= 11 is 6.05. The van der Waals surface area contributed by atoms with Gasteiger partial charge in [-0.3, -0.25) is 9.48 Å². The fourth-order valence-electron chi connectivity index (χ4n) is 3.55. The van der Waals surface area contributed by atoms with Gasteiger partial charge in [-0.25, -0.2) is 0 Å². The van der Waals surface area contributed by atoms with E-state index in [-0.39, 0.29) is 11.3 Å². The molecule has 1 aromatic heterocycles. The molecule has 0 saturated carbocycles. The highest BCUT2D eigenvalue weighted by molar-refractivity contribution is 6.30. The van der Waals surface area contributed by atoms with E-state index in [1.165, 1.54) is 5.56 Å². The Hall–Kier alpha value is -3.57. The number of anilines is 1. The van der Waals surface area contributed by atoms with E-state index in [0.29, 0.717) is 29.6 Å². The van der Waals surface area contributed by atoms with Gasteiger partial charge in [0.15, 0.2) is 5.82 Å². The molecule has 0 unspecified atom stereocenters. The molecule has 0 fully saturated rings. The summed E-state index contributed by atoms with van der Waals surface area (Å²) in [7, 11) is 0. The van der Waals surface area contributed by atoms with E-state index < -0.39 is 0 Å². The third-order valence-electron chi connectivity index (χ3n) is 5.43. The summed E-state index contributed by atoms with van der Waals surface area (Å²) in [5.74, 6) is 1.07. The van der Waals surface area contributed by atoms with Crippen molar-refractivity contribution in [2.24, 2.45) is 0 Å². The Labute approximate surface area is 205 Å². The van der Waals surface area contributed by atoms with Crippen molar-refractivity contribution in [1.82, 2.24) is 9.78 Å². The first-order valence-electron chi connectivity index (χ1n) is 11.2. The van der Waals surface area contributed by atoms with E-state index in [2.05, 4.69) is 43.3 Å². The lowest BCUT2D eigenvalue weighted by molar-refractivity contribution is 0.102. The van der Waals surface area contributed by atoms with Crippen LogP contribution in [0.25, 0.3) is 0 Å². The second-order valence-electron chi connectivity index (χ2n) is 9.25. The zero-order valence-electron chi connectivity index (χ0n) is 19.6. The van der Waals surface area contributed by atoms with Crippen LogP contribution in [0.1, 0.15) is 47.8 Å². The minimum atomic E-state index is -0.218. The molecule has 0 aliphatic heterocycles. The van der Waals surface area contributed by atoms with Crippen LogP contribution in [0.2, 0.25) is 5.02 Å². The molecule has 0 bridgehead atoms. The van der Waals surface area contributed by atoms with E-state index in [1.807, 2.05) is 60.8 Å². The normalized spacial score (nSPS) is 11.3. The summed E-state index contributed by atoms with van der Waals surface area (Å²) in [5.41, 5.74) is 3.86. The highest BCUT2D eigenvalue weighted by Crippen LogP contribution is 2.24. The van der Waals surface area contributed by atoms with E-state index in [1.54, 1.807) is 16.8 Å². The van der Waals surface area contributed by atoms with Crippen molar-refractivity contribution in [2.45, 2.75) is 39.3 Å². The van der Waals surface area contributed by atoms with Crippen LogP contribution in [0.3, 0.4) is 0 Å². The molecule has 1 N–H and O–H groups in total. The van der Waals surface area contributed by atoms with Crippen LogP contribution in [0.5, 0.6) is 5.75 Å². The summed E-state index contributed by atoms with van der Waals surface area (Å²) in [5, 5.41) is 7.98. The molecule has 3 aromatic carbocycles. The maximum absolute atomic E-state index is 12.8. The molecule has 1 heterocycles. The molecule has 0 radical (unpaired) electrons. The van der Waals surface area contributed by atoms with E-state index in [9.17, 15) is 4.79 Å². The van der Waals surface area contributed by atoms with Crippen molar-refractivity contribution in [1.29, 1.82) is 0 Å². The van der Waals surface area contributed by atoms with Gasteiger partial charge in [0.25, 0.3) is 5.91 Å². The fourth-order valence-corrected chi connectivity index (χ4v) is 3.76. The lowest BCUT2D eigenvalue weighted by atomic mass is 9.87. The average molecular weight is 474 g/mol. The minimum absolute atomic E-state index is 0.103. The second-order valence-corrected chi connectivity index (χ2v) is 9.68. The Bertz CT molecular complexity index is 1270. The molecule has 34 heavy (non-hydrogen) atoms. The Morgan fingerprint density at radius 1 is 0.971 bits per heavy atom. The molecule has 4 aromatic rings. The molecular formula is C28H28ClN3O2. The van der Waals surface area contributed by atoms with Crippen LogP contribution in [-0.2, 0) is 18.6 Å². The molecule has 0 saturated heterocycles. The van der Waals surface area contributed by atoms with E-state index in [4.69, 9.17) is 16.3 Å². The van der Waals surface area contributed by atoms with Gasteiger partial charge in [0.05, 0.1) is 6.54 Å². The molecular weight excluding hydrogens is 446 g/mol. The SMILES string of the molecule is CC(C)(C)c1ccc(OCc2cccc(C(=O)Nc3ccn(Cc4cccc(Cl)c4)n3)c2)cc1. The summed E-state index contributed by atoms with van der Waals surface area (Å²) < 4.78 is 7.68. The fraction of sp³-hybridized carbons (Fsp3) is 0.214. The van der Waals surface area contributed by atoms with Gasteiger partial charge in [-0.15, -0.1) is 0 Å². The zero-order chi connectivity index (χ0) is 24.1. The molecule has 0 aliphatic carbocycles. The van der Waals surface area contributed by atoms with Gasteiger partial charge in [-0.2, -0.15) is 5.10 Å². The third kappa shape index (κ3) is 6.27. The predicted molar refractivity (Wildman–Crippen MR) is 137 cm³/mol. The van der Waals surface area contributed by atoms with Crippen LogP contribution in [0, 0.1) is 0 Å². The van der Waals surface area contributed by atoms with Crippen molar-refractivity contribution in [2.75, 3.05) is 5.32 Å². The smallest absolute Gasteiger partial charge is 0.256 e. The highest BCUT2D eigenvalue weighted by atomic mass is 35.5. The van der Waals surface area contributed by atoms with Crippen molar-refractivity contribution in [3.05, 3.63) is 112 Å². The monoisotopic (exact) mass is 473 g/mol. The number of nitrogens with one attached hydrogen (secondary N) is 1. The molecule has 6 heteroatoms. The average Bonchev–Trinajstić information content (AvgIpc) is 3.24. The van der Waals surface area contributed by atoms with Crippen molar-refractivity contribution < 1.29 is 9.53 Å². The van der Waals surface area contributed by atoms with Crippen LogP contribution in [0.15, 0.2) is 85.1 Å². The van der Waals surface area contributed by atoms with Crippen LogP contribution >= 0.6 is 11.6 Å². The van der Waals surface area contributed by atoms with Crippen molar-refractivity contribution >= 4 is 23.3 Å². The van der Waals surface area contributed by atoms with Crippen LogP contribution in [0.4, 0.5) is 5.82 Å². The molecule has 5 nitrogen and oxygen atoms in total. The van der Waals surface area contributed by atoms with E-state index in [0.717, 1.165) is 16.9 Å². The van der Waals surface area contributed by atoms with Gasteiger partial charge < -0.3 is 10.1 Å². The maximum atomic E-state index is 12.8. The summed E-state index contributed by atoms with van der Waals surface area (Å²) in [6.45, 7) is 7.50. The van der Waals surface area contributed by atoms with Crippen molar-refractivity contribution in [3.63, 3.8) is 0 Å². The van der Waals surface area contributed by atoms with Crippen LogP contribution < -0.4 is 10.1 Å². The Balaban J connectivity index is 1.35. The number of nitrogens with zero attached hydrogens (tertiary/aromatic N) is 2. The molecule has 4 rings (SSSR count). The number of aromatic nitrogens is 2. The largest absolute Gasteiger partial charge is 0.489 e. The molecule has 1 amide bonds. The quantitative estimate of drug-likeness (QED) is 0.324. The summed E-state index contributed by atoms with van der Waals surface area (Å²) in [6, 6.07) is 24.9. The first-order valence-corrected chi connectivity index (χ1v) is 11.6. The first kappa shape index (κ1) is 23.6. The lowest BCUT2D eigenvalue weighted by Gasteiger charge is -2.19. The van der Waals surface area contributed by atoms with Gasteiger partial charge in [0, 0.05) is 22.8 Å². The molecule has 0 spiro atoms. The zero-order valence-corrected chi connectivity index (χ0v) is 20.3. The predicted octanol–water partition coefficient (Wildman–Crippen LogP) is 6.71. The number of amides is 1. The van der Waals surface area contributed by atoms with Gasteiger partial charge in [0.2, 0.25) is 0 Å². The second kappa shape index (κ2) is 10.1. The summed E-state index contributed by atoms with van der Waals surface area (Å²) in [6.07, 6.45) is 1.83. The molecule has 0 atom stereocenters. The Morgan fingerprint density at radius 3 is 2.44 bits per heavy atom. The number of carbonyl (C=O) groups is 1. The Kier molecular flexibility index (Phi) is 7.03. The van der Waals surface area contributed by atoms with Gasteiger partial charge in [0.1, 0.15) is 12.4 Å². The standard InChI is InChI=1S/C28H28ClN3O2/c1-28(2,3)23-10-12-25(13-11-23)34-19-21-7-4-8-22(16-21)27(33)30-26-14-15-32(31-26)18-20-6-5-9-24(29)17-20/h4-17H,18-19H2,1-3H3,(H,30,31,33). The number of halogens is 1. The van der Waals surface area contributed by atoms with Gasteiger partial charge >= 0.3 is 0 Å². The molecule has 174 valence electrons. The number of rotatable bonds is 7. The molecule has 0 aliphatic rings. The lowest BCUT2D eigenvalue weighted by Crippen LogP contribution is -2.13. The summed E-state index contributed by atoms with van der Waals surface area (Å²) in [4.78, 5) is 12.8. The van der Waals surface area contributed by atoms with Crippen LogP contribution in [-0.4, -0.2) is 15.7 Å².